The lowest BCUT2D eigenvalue weighted by Crippen LogP contribution is -1.98. The molecule has 0 aliphatic carbocycles. The van der Waals surface area contributed by atoms with Crippen molar-refractivity contribution in [3.05, 3.63) is 36.1 Å². The van der Waals surface area contributed by atoms with E-state index in [0.717, 1.165) is 5.76 Å². The summed E-state index contributed by atoms with van der Waals surface area (Å²) in [4.78, 5) is 0. The molecule has 0 saturated carbocycles. The molecule has 1 heterocycles. The first-order chi connectivity index (χ1) is 5.83. The molecule has 4 heteroatoms. The molecule has 1 unspecified atom stereocenters. The van der Waals surface area contributed by atoms with E-state index in [1.165, 1.54) is 5.41 Å². The second-order valence-electron chi connectivity index (χ2n) is 2.08. The molecule has 0 saturated heterocycles. The van der Waals surface area contributed by atoms with Crippen LogP contribution in [0.5, 0.6) is 0 Å². The van der Waals surface area contributed by atoms with Crippen molar-refractivity contribution in [2.75, 3.05) is 6.61 Å². The van der Waals surface area contributed by atoms with Gasteiger partial charge in [0, 0.05) is 11.8 Å². The van der Waals surface area contributed by atoms with E-state index < -0.39 is 11.1 Å². The van der Waals surface area contributed by atoms with Crippen molar-refractivity contribution in [2.45, 2.75) is 6.42 Å². The molecule has 66 valence electrons. The van der Waals surface area contributed by atoms with Crippen LogP contribution in [0, 0.1) is 0 Å². The van der Waals surface area contributed by atoms with E-state index in [0.29, 0.717) is 13.0 Å². The maximum atomic E-state index is 10.7. The summed E-state index contributed by atoms with van der Waals surface area (Å²) in [6.45, 7) is 3.71. The van der Waals surface area contributed by atoms with Gasteiger partial charge in [0.25, 0.3) is 0 Å². The summed E-state index contributed by atoms with van der Waals surface area (Å²) in [5.74, 6) is 0.830. The summed E-state index contributed by atoms with van der Waals surface area (Å²) in [6, 6.07) is 3.65. The van der Waals surface area contributed by atoms with Gasteiger partial charge in [-0.15, -0.1) is 0 Å². The molecule has 1 atom stereocenters. The van der Waals surface area contributed by atoms with Crippen molar-refractivity contribution in [3.63, 3.8) is 0 Å². The molecule has 0 spiro atoms. The first-order valence-corrected chi connectivity index (χ1v) is 4.65. The van der Waals surface area contributed by atoms with Crippen LogP contribution < -0.4 is 0 Å². The van der Waals surface area contributed by atoms with Gasteiger partial charge in [-0.3, -0.25) is 4.18 Å². The standard InChI is InChI=1S/C8H10O3S/c1-2-12(9)11-7-5-8-4-3-6-10-8/h2-4,6H,1,5,7H2. The molecule has 3 nitrogen and oxygen atoms in total. The van der Waals surface area contributed by atoms with Crippen LogP contribution >= 0.6 is 0 Å². The predicted molar refractivity (Wildman–Crippen MR) is 46.7 cm³/mol. The fraction of sp³-hybridized carbons (Fsp3) is 0.250. The van der Waals surface area contributed by atoms with E-state index in [1.807, 2.05) is 6.07 Å². The molecule has 1 aromatic heterocycles. The van der Waals surface area contributed by atoms with E-state index in [4.69, 9.17) is 8.60 Å². The molecule has 0 bridgehead atoms. The van der Waals surface area contributed by atoms with Gasteiger partial charge in [0.05, 0.1) is 12.9 Å². The average molecular weight is 186 g/mol. The Hall–Kier alpha value is -0.870. The fourth-order valence-corrected chi connectivity index (χ4v) is 1.07. The fourth-order valence-electron chi connectivity index (χ4n) is 0.727. The molecule has 0 aromatic carbocycles. The van der Waals surface area contributed by atoms with Crippen molar-refractivity contribution in [2.24, 2.45) is 0 Å². The number of hydrogen-bond donors (Lipinski definition) is 0. The number of furan rings is 1. The Labute approximate surface area is 73.7 Å². The van der Waals surface area contributed by atoms with Crippen molar-refractivity contribution in [3.8, 4) is 0 Å². The Balaban J connectivity index is 2.19. The van der Waals surface area contributed by atoms with Gasteiger partial charge in [-0.25, -0.2) is 4.21 Å². The first kappa shape index (κ1) is 9.22. The summed E-state index contributed by atoms with van der Waals surface area (Å²) in [5, 5.41) is 1.25. The van der Waals surface area contributed by atoms with Crippen LogP contribution in [0.15, 0.2) is 34.8 Å². The molecule has 0 aliphatic heterocycles. The highest BCUT2D eigenvalue weighted by Crippen LogP contribution is 2.01. The van der Waals surface area contributed by atoms with Crippen molar-refractivity contribution < 1.29 is 12.8 Å². The molecule has 1 aromatic rings. The molecule has 0 N–H and O–H groups in total. The minimum absolute atomic E-state index is 0.381. The van der Waals surface area contributed by atoms with Gasteiger partial charge in [0.1, 0.15) is 5.76 Å². The van der Waals surface area contributed by atoms with Gasteiger partial charge in [-0.05, 0) is 12.1 Å². The molecule has 0 radical (unpaired) electrons. The molecule has 0 amide bonds. The highest BCUT2D eigenvalue weighted by Gasteiger charge is 1.97. The summed E-state index contributed by atoms with van der Waals surface area (Å²) >= 11 is -1.37. The van der Waals surface area contributed by atoms with Gasteiger partial charge in [0.15, 0.2) is 11.1 Å². The minimum atomic E-state index is -1.37. The van der Waals surface area contributed by atoms with Crippen LogP contribution in [0.25, 0.3) is 0 Å². The van der Waals surface area contributed by atoms with E-state index in [2.05, 4.69) is 6.58 Å². The molecular formula is C8H10O3S. The predicted octanol–water partition coefficient (Wildman–Crippen LogP) is 1.65. The summed E-state index contributed by atoms with van der Waals surface area (Å²) in [6.07, 6.45) is 2.23. The Morgan fingerprint density at radius 2 is 2.58 bits per heavy atom. The summed E-state index contributed by atoms with van der Waals surface area (Å²) in [5.41, 5.74) is 0. The van der Waals surface area contributed by atoms with Crippen LogP contribution in [0.3, 0.4) is 0 Å². The van der Waals surface area contributed by atoms with Crippen LogP contribution in [0.4, 0.5) is 0 Å². The number of rotatable bonds is 5. The Bertz CT molecular complexity index is 253. The SMILES string of the molecule is C=CS(=O)OCCc1ccco1. The van der Waals surface area contributed by atoms with Crippen LogP contribution in [-0.2, 0) is 21.7 Å². The zero-order chi connectivity index (χ0) is 8.81. The van der Waals surface area contributed by atoms with Crippen molar-refractivity contribution >= 4 is 11.1 Å². The van der Waals surface area contributed by atoms with Gasteiger partial charge in [-0.2, -0.15) is 0 Å². The average Bonchev–Trinajstić information content (AvgIpc) is 2.57. The van der Waals surface area contributed by atoms with E-state index in [-0.39, 0.29) is 0 Å². The topological polar surface area (TPSA) is 39.4 Å². The maximum absolute atomic E-state index is 10.7. The molecule has 1 rings (SSSR count). The lowest BCUT2D eigenvalue weighted by Gasteiger charge is -1.96. The first-order valence-electron chi connectivity index (χ1n) is 3.51. The molecule has 12 heavy (non-hydrogen) atoms. The zero-order valence-corrected chi connectivity index (χ0v) is 7.38. The zero-order valence-electron chi connectivity index (χ0n) is 6.56. The van der Waals surface area contributed by atoms with Crippen molar-refractivity contribution in [1.29, 1.82) is 0 Å². The van der Waals surface area contributed by atoms with Crippen LogP contribution in [0.2, 0.25) is 0 Å². The molecule has 0 aliphatic rings. The minimum Gasteiger partial charge on any atom is -0.469 e. The quantitative estimate of drug-likeness (QED) is 0.701. The lowest BCUT2D eigenvalue weighted by molar-refractivity contribution is 0.340. The third-order valence-electron chi connectivity index (χ3n) is 1.26. The van der Waals surface area contributed by atoms with Crippen LogP contribution in [0.1, 0.15) is 5.76 Å². The highest BCUT2D eigenvalue weighted by atomic mass is 32.2. The monoisotopic (exact) mass is 186 g/mol. The Morgan fingerprint density at radius 3 is 3.17 bits per heavy atom. The number of hydrogen-bond acceptors (Lipinski definition) is 3. The van der Waals surface area contributed by atoms with Gasteiger partial charge in [0.2, 0.25) is 0 Å². The molecular weight excluding hydrogens is 176 g/mol. The van der Waals surface area contributed by atoms with Gasteiger partial charge >= 0.3 is 0 Å². The summed E-state index contributed by atoms with van der Waals surface area (Å²) in [7, 11) is 0. The third kappa shape index (κ3) is 3.02. The lowest BCUT2D eigenvalue weighted by atomic mass is 10.3. The Kier molecular flexibility index (Phi) is 3.76. The van der Waals surface area contributed by atoms with E-state index >= 15 is 0 Å². The second-order valence-corrected chi connectivity index (χ2v) is 3.17. The molecule has 0 fully saturated rings. The van der Waals surface area contributed by atoms with E-state index in [9.17, 15) is 4.21 Å². The van der Waals surface area contributed by atoms with Gasteiger partial charge < -0.3 is 4.42 Å². The normalized spacial score (nSPS) is 12.7. The highest BCUT2D eigenvalue weighted by molar-refractivity contribution is 7.83. The van der Waals surface area contributed by atoms with Crippen LogP contribution in [-0.4, -0.2) is 10.8 Å². The maximum Gasteiger partial charge on any atom is 0.181 e. The Morgan fingerprint density at radius 1 is 1.75 bits per heavy atom. The smallest absolute Gasteiger partial charge is 0.181 e. The second kappa shape index (κ2) is 4.90. The van der Waals surface area contributed by atoms with E-state index in [1.54, 1.807) is 12.3 Å². The third-order valence-corrected chi connectivity index (χ3v) is 1.94. The van der Waals surface area contributed by atoms with Gasteiger partial charge in [-0.1, -0.05) is 6.58 Å². The van der Waals surface area contributed by atoms with Crippen molar-refractivity contribution in [1.82, 2.24) is 0 Å². The summed E-state index contributed by atoms with van der Waals surface area (Å²) < 4.78 is 20.6. The largest absolute Gasteiger partial charge is 0.469 e.